The van der Waals surface area contributed by atoms with E-state index >= 15 is 0 Å². The molecule has 2 nitrogen and oxygen atoms in total. The minimum atomic E-state index is 0.896. The van der Waals surface area contributed by atoms with Gasteiger partial charge in [-0.25, -0.2) is 4.98 Å². The Morgan fingerprint density at radius 3 is 2.93 bits per heavy atom. The predicted molar refractivity (Wildman–Crippen MR) is 59.2 cm³/mol. The van der Waals surface area contributed by atoms with Crippen molar-refractivity contribution < 1.29 is 4.74 Å². The van der Waals surface area contributed by atoms with Gasteiger partial charge in [-0.3, -0.25) is 0 Å². The summed E-state index contributed by atoms with van der Waals surface area (Å²) in [6.45, 7) is 0. The van der Waals surface area contributed by atoms with Gasteiger partial charge in [0.05, 0.1) is 12.0 Å². The number of para-hydroxylation sites is 1. The second-order valence-corrected chi connectivity index (χ2v) is 4.73. The molecule has 1 aromatic heterocycles. The van der Waals surface area contributed by atoms with Crippen molar-refractivity contribution in [2.24, 2.45) is 0 Å². The molecule has 1 heterocycles. The maximum atomic E-state index is 5.25. The van der Waals surface area contributed by atoms with Gasteiger partial charge in [0, 0.05) is 11.6 Å². The number of thiazole rings is 1. The van der Waals surface area contributed by atoms with Crippen LogP contribution in [0.25, 0.3) is 0 Å². The third-order valence-electron chi connectivity index (χ3n) is 1.68. The Morgan fingerprint density at radius 2 is 2.21 bits per heavy atom. The number of nitrogens with zero attached hydrogens (tertiary/aromatic N) is 1. The monoisotopic (exact) mass is 223 g/mol. The summed E-state index contributed by atoms with van der Waals surface area (Å²) in [5, 5.41) is 1.97. The first kappa shape index (κ1) is 9.55. The van der Waals surface area contributed by atoms with Crippen LogP contribution in [-0.2, 0) is 0 Å². The third kappa shape index (κ3) is 2.08. The van der Waals surface area contributed by atoms with Crippen molar-refractivity contribution in [1.82, 2.24) is 4.98 Å². The lowest BCUT2D eigenvalue weighted by Gasteiger charge is -2.04. The quantitative estimate of drug-likeness (QED) is 0.797. The molecule has 0 aliphatic heterocycles. The van der Waals surface area contributed by atoms with Gasteiger partial charge in [0.25, 0.3) is 0 Å². The van der Waals surface area contributed by atoms with Crippen LogP contribution in [0.1, 0.15) is 0 Å². The lowest BCUT2D eigenvalue weighted by atomic mass is 10.3. The fourth-order valence-electron chi connectivity index (χ4n) is 1.06. The Hall–Kier alpha value is -1.00. The molecule has 0 radical (unpaired) electrons. The van der Waals surface area contributed by atoms with Crippen LogP contribution in [0.4, 0.5) is 0 Å². The van der Waals surface area contributed by atoms with Crippen LogP contribution in [0.5, 0.6) is 5.75 Å². The topological polar surface area (TPSA) is 22.1 Å². The van der Waals surface area contributed by atoms with Gasteiger partial charge in [-0.15, -0.1) is 11.3 Å². The van der Waals surface area contributed by atoms with Gasteiger partial charge >= 0.3 is 0 Å². The molecule has 0 saturated carbocycles. The van der Waals surface area contributed by atoms with Crippen molar-refractivity contribution in [1.29, 1.82) is 0 Å². The zero-order valence-electron chi connectivity index (χ0n) is 7.64. The fourth-order valence-corrected chi connectivity index (χ4v) is 2.75. The summed E-state index contributed by atoms with van der Waals surface area (Å²) in [5.41, 5.74) is 0. The van der Waals surface area contributed by atoms with Gasteiger partial charge in [0.1, 0.15) is 5.75 Å². The molecule has 0 amide bonds. The standard InChI is InChI=1S/C10H9NOS2/c1-12-8-4-2-3-5-9(8)14-10-11-6-7-13-10/h2-7H,1H3. The molecule has 14 heavy (non-hydrogen) atoms. The lowest BCUT2D eigenvalue weighted by Crippen LogP contribution is -1.84. The van der Waals surface area contributed by atoms with Crippen LogP contribution in [0, 0.1) is 0 Å². The minimum absolute atomic E-state index is 0.896. The normalized spacial score (nSPS) is 10.1. The Bertz CT molecular complexity index is 400. The van der Waals surface area contributed by atoms with Crippen molar-refractivity contribution in [3.05, 3.63) is 35.8 Å². The third-order valence-corrected chi connectivity index (χ3v) is 3.62. The smallest absolute Gasteiger partial charge is 0.154 e. The van der Waals surface area contributed by atoms with Crippen LogP contribution in [-0.4, -0.2) is 12.1 Å². The van der Waals surface area contributed by atoms with Gasteiger partial charge < -0.3 is 4.74 Å². The first-order valence-electron chi connectivity index (χ1n) is 4.10. The SMILES string of the molecule is COc1ccccc1Sc1nccs1. The number of benzene rings is 1. The summed E-state index contributed by atoms with van der Waals surface area (Å²) in [6, 6.07) is 7.95. The van der Waals surface area contributed by atoms with E-state index in [9.17, 15) is 0 Å². The predicted octanol–water partition coefficient (Wildman–Crippen LogP) is 3.30. The summed E-state index contributed by atoms with van der Waals surface area (Å²) >= 11 is 3.26. The molecule has 0 aliphatic carbocycles. The van der Waals surface area contributed by atoms with E-state index in [0.29, 0.717) is 0 Å². The molecule has 0 spiro atoms. The molecule has 1 aromatic carbocycles. The molecule has 0 N–H and O–H groups in total. The highest BCUT2D eigenvalue weighted by Crippen LogP contribution is 2.35. The summed E-state index contributed by atoms with van der Waals surface area (Å²) in [5.74, 6) is 0.896. The molecule has 0 atom stereocenters. The van der Waals surface area contributed by atoms with Gasteiger partial charge in [-0.2, -0.15) is 0 Å². The van der Waals surface area contributed by atoms with E-state index in [1.54, 1.807) is 30.2 Å². The van der Waals surface area contributed by atoms with Crippen molar-refractivity contribution >= 4 is 23.1 Å². The van der Waals surface area contributed by atoms with Gasteiger partial charge in [0.15, 0.2) is 4.34 Å². The van der Waals surface area contributed by atoms with E-state index in [1.807, 2.05) is 35.8 Å². The number of methoxy groups -OCH3 is 1. The zero-order chi connectivity index (χ0) is 9.80. The molecular formula is C10H9NOS2. The van der Waals surface area contributed by atoms with Crippen LogP contribution in [0.2, 0.25) is 0 Å². The average molecular weight is 223 g/mol. The number of ether oxygens (including phenoxy) is 1. The molecule has 4 heteroatoms. The van der Waals surface area contributed by atoms with E-state index < -0.39 is 0 Å². The summed E-state index contributed by atoms with van der Waals surface area (Å²) in [6.07, 6.45) is 1.81. The Morgan fingerprint density at radius 1 is 1.36 bits per heavy atom. The van der Waals surface area contributed by atoms with Crippen molar-refractivity contribution in [2.75, 3.05) is 7.11 Å². The molecule has 0 unspecified atom stereocenters. The zero-order valence-corrected chi connectivity index (χ0v) is 9.27. The second kappa shape index (κ2) is 4.48. The first-order chi connectivity index (χ1) is 6.90. The average Bonchev–Trinajstić information content (AvgIpc) is 2.71. The molecule has 0 fully saturated rings. The highest BCUT2D eigenvalue weighted by atomic mass is 32.2. The Kier molecular flexibility index (Phi) is 3.06. The lowest BCUT2D eigenvalue weighted by molar-refractivity contribution is 0.405. The van der Waals surface area contributed by atoms with Crippen molar-refractivity contribution in [3.63, 3.8) is 0 Å². The van der Waals surface area contributed by atoms with E-state index in [-0.39, 0.29) is 0 Å². The Balaban J connectivity index is 2.24. The summed E-state index contributed by atoms with van der Waals surface area (Å²) < 4.78 is 6.29. The molecule has 0 aliphatic rings. The Labute approximate surface area is 91.0 Å². The van der Waals surface area contributed by atoms with Crippen molar-refractivity contribution in [3.8, 4) is 5.75 Å². The summed E-state index contributed by atoms with van der Waals surface area (Å²) in [7, 11) is 1.68. The maximum absolute atomic E-state index is 5.25. The van der Waals surface area contributed by atoms with E-state index in [1.165, 1.54) is 0 Å². The largest absolute Gasteiger partial charge is 0.496 e. The number of hydrogen-bond donors (Lipinski definition) is 0. The summed E-state index contributed by atoms with van der Waals surface area (Å²) in [4.78, 5) is 5.31. The van der Waals surface area contributed by atoms with E-state index in [4.69, 9.17) is 4.74 Å². The van der Waals surface area contributed by atoms with Gasteiger partial charge in [0.2, 0.25) is 0 Å². The fraction of sp³-hybridized carbons (Fsp3) is 0.100. The highest BCUT2D eigenvalue weighted by molar-refractivity contribution is 8.01. The molecule has 0 bridgehead atoms. The molecule has 2 aromatic rings. The highest BCUT2D eigenvalue weighted by Gasteiger charge is 2.04. The van der Waals surface area contributed by atoms with Crippen LogP contribution in [0.3, 0.4) is 0 Å². The number of hydrogen-bond acceptors (Lipinski definition) is 4. The van der Waals surface area contributed by atoms with Crippen LogP contribution < -0.4 is 4.74 Å². The van der Waals surface area contributed by atoms with Gasteiger partial charge in [-0.05, 0) is 12.1 Å². The van der Waals surface area contributed by atoms with E-state index in [2.05, 4.69) is 4.98 Å². The molecular weight excluding hydrogens is 214 g/mol. The maximum Gasteiger partial charge on any atom is 0.154 e. The van der Waals surface area contributed by atoms with Crippen LogP contribution in [0.15, 0.2) is 45.1 Å². The second-order valence-electron chi connectivity index (χ2n) is 2.55. The first-order valence-corrected chi connectivity index (χ1v) is 5.80. The molecule has 2 rings (SSSR count). The molecule has 72 valence electrons. The van der Waals surface area contributed by atoms with Crippen molar-refractivity contribution in [2.45, 2.75) is 9.24 Å². The van der Waals surface area contributed by atoms with Crippen LogP contribution >= 0.6 is 23.1 Å². The number of aromatic nitrogens is 1. The van der Waals surface area contributed by atoms with E-state index in [0.717, 1.165) is 15.0 Å². The minimum Gasteiger partial charge on any atom is -0.496 e. The number of rotatable bonds is 3. The molecule has 0 saturated heterocycles. The van der Waals surface area contributed by atoms with Gasteiger partial charge in [-0.1, -0.05) is 23.9 Å².